The number of carbonyl (C=O) groups excluding carboxylic acids is 4. The Morgan fingerprint density at radius 1 is 0.912 bits per heavy atom. The lowest BCUT2D eigenvalue weighted by Crippen LogP contribution is -2.51. The van der Waals surface area contributed by atoms with Gasteiger partial charge in [0.25, 0.3) is 0 Å². The highest BCUT2D eigenvalue weighted by atomic mass is 19.1. The Kier molecular flexibility index (Phi) is 7.19. The second kappa shape index (κ2) is 10.1. The molecule has 3 aliphatic rings. The van der Waals surface area contributed by atoms with Crippen molar-refractivity contribution >= 4 is 23.7 Å². The maximum absolute atomic E-state index is 13.0. The van der Waals surface area contributed by atoms with Crippen molar-refractivity contribution in [2.45, 2.75) is 39.0 Å². The number of rotatable bonds is 6. The number of ketones is 1. The molecule has 184 valence electrons. The van der Waals surface area contributed by atoms with Crippen LogP contribution in [0.3, 0.4) is 0 Å². The normalized spacial score (nSPS) is 21.4. The monoisotopic (exact) mass is 473 g/mol. The molecule has 34 heavy (non-hydrogen) atoms. The summed E-state index contributed by atoms with van der Waals surface area (Å²) in [5.74, 6) is -0.459. The van der Waals surface area contributed by atoms with Crippen LogP contribution in [0.15, 0.2) is 24.3 Å². The van der Waals surface area contributed by atoms with Crippen molar-refractivity contribution in [2.75, 3.05) is 45.9 Å². The van der Waals surface area contributed by atoms with Crippen molar-refractivity contribution < 1.29 is 28.3 Å². The number of amides is 3. The lowest BCUT2D eigenvalue weighted by atomic mass is 9.90. The molecule has 2 aliphatic heterocycles. The zero-order chi connectivity index (χ0) is 24.3. The number of Topliss-reactive ketones (excluding diaryl/α,β-unsaturated/α-hetero) is 1. The number of nitrogens with zero attached hydrogens (tertiary/aromatic N) is 3. The number of carbonyl (C=O) groups is 4. The lowest BCUT2D eigenvalue weighted by molar-refractivity contribution is -0.136. The van der Waals surface area contributed by atoms with Gasteiger partial charge in [-0.05, 0) is 55.9 Å². The summed E-state index contributed by atoms with van der Waals surface area (Å²) in [6, 6.07) is 5.36. The van der Waals surface area contributed by atoms with E-state index in [1.807, 2.05) is 4.90 Å². The minimum absolute atomic E-state index is 0.000973. The third kappa shape index (κ3) is 5.23. The van der Waals surface area contributed by atoms with Gasteiger partial charge in [0.05, 0.1) is 6.61 Å². The largest absolute Gasteiger partial charge is 0.450 e. The molecule has 0 radical (unpaired) electrons. The highest BCUT2D eigenvalue weighted by Gasteiger charge is 2.59. The molecule has 8 nitrogen and oxygen atoms in total. The molecule has 1 aromatic rings. The molecule has 3 amide bonds. The van der Waals surface area contributed by atoms with E-state index in [0.717, 1.165) is 19.3 Å². The van der Waals surface area contributed by atoms with Crippen LogP contribution in [0.5, 0.6) is 0 Å². The maximum Gasteiger partial charge on any atom is 0.409 e. The van der Waals surface area contributed by atoms with Gasteiger partial charge in [-0.1, -0.05) is 0 Å². The van der Waals surface area contributed by atoms with E-state index in [1.54, 1.807) is 16.7 Å². The van der Waals surface area contributed by atoms with Crippen molar-refractivity contribution in [3.8, 4) is 0 Å². The molecule has 9 heteroatoms. The summed E-state index contributed by atoms with van der Waals surface area (Å²) < 4.78 is 18.0. The van der Waals surface area contributed by atoms with E-state index in [0.29, 0.717) is 51.4 Å². The molecule has 0 aromatic heterocycles. The number of piperidine rings is 1. The number of hydrogen-bond donors (Lipinski definition) is 0. The predicted molar refractivity (Wildman–Crippen MR) is 121 cm³/mol. The van der Waals surface area contributed by atoms with Gasteiger partial charge < -0.3 is 19.4 Å². The van der Waals surface area contributed by atoms with Crippen LogP contribution >= 0.6 is 0 Å². The van der Waals surface area contributed by atoms with E-state index >= 15 is 0 Å². The highest BCUT2D eigenvalue weighted by Crippen LogP contribution is 2.60. The topological polar surface area (TPSA) is 87.2 Å². The lowest BCUT2D eigenvalue weighted by Gasteiger charge is -2.36. The quantitative estimate of drug-likeness (QED) is 0.593. The summed E-state index contributed by atoms with van der Waals surface area (Å²) in [6.07, 6.45) is 2.36. The molecule has 3 fully saturated rings. The summed E-state index contributed by atoms with van der Waals surface area (Å²) >= 11 is 0. The van der Waals surface area contributed by atoms with Crippen LogP contribution in [0, 0.1) is 17.2 Å². The number of piperazine rings is 1. The van der Waals surface area contributed by atoms with Gasteiger partial charge in [-0.2, -0.15) is 0 Å². The van der Waals surface area contributed by atoms with Gasteiger partial charge in [0.15, 0.2) is 5.78 Å². The molecule has 1 unspecified atom stereocenters. The Balaban J connectivity index is 1.19. The van der Waals surface area contributed by atoms with E-state index in [4.69, 9.17) is 4.74 Å². The summed E-state index contributed by atoms with van der Waals surface area (Å²) in [5, 5.41) is 0. The molecule has 0 bridgehead atoms. The third-order valence-corrected chi connectivity index (χ3v) is 7.45. The van der Waals surface area contributed by atoms with Crippen LogP contribution < -0.4 is 0 Å². The SMILES string of the molecule is CCOC(=O)N1CCN(C(=O)C2CC23CCN(C(=O)CCC(=O)c2ccc(F)cc2)CC3)CC1. The molecule has 1 spiro atoms. The van der Waals surface area contributed by atoms with Gasteiger partial charge in [-0.25, -0.2) is 9.18 Å². The molecular formula is C25H32FN3O5. The molecule has 1 aliphatic carbocycles. The van der Waals surface area contributed by atoms with E-state index < -0.39 is 5.82 Å². The summed E-state index contributed by atoms with van der Waals surface area (Å²) in [5.41, 5.74) is 0.394. The predicted octanol–water partition coefficient (Wildman–Crippen LogP) is 2.72. The van der Waals surface area contributed by atoms with Gasteiger partial charge >= 0.3 is 6.09 Å². The molecule has 2 heterocycles. The van der Waals surface area contributed by atoms with Crippen molar-refractivity contribution in [2.24, 2.45) is 11.3 Å². The molecule has 1 saturated carbocycles. The fourth-order valence-electron chi connectivity index (χ4n) is 5.15. The van der Waals surface area contributed by atoms with E-state index in [-0.39, 0.29) is 47.9 Å². The van der Waals surface area contributed by atoms with Crippen molar-refractivity contribution in [1.29, 1.82) is 0 Å². The first kappa shape index (κ1) is 24.2. The van der Waals surface area contributed by atoms with Gasteiger partial charge in [0.1, 0.15) is 5.82 Å². The summed E-state index contributed by atoms with van der Waals surface area (Å²) in [7, 11) is 0. The van der Waals surface area contributed by atoms with Crippen LogP contribution in [0.1, 0.15) is 49.4 Å². The minimum Gasteiger partial charge on any atom is -0.450 e. The number of halogens is 1. The average Bonchev–Trinajstić information content (AvgIpc) is 3.55. The van der Waals surface area contributed by atoms with Crippen molar-refractivity contribution in [3.05, 3.63) is 35.6 Å². The van der Waals surface area contributed by atoms with Gasteiger partial charge in [-0.15, -0.1) is 0 Å². The number of likely N-dealkylation sites (tertiary alicyclic amines) is 1. The number of benzene rings is 1. The zero-order valence-corrected chi connectivity index (χ0v) is 19.6. The van der Waals surface area contributed by atoms with Crippen LogP contribution in [0.25, 0.3) is 0 Å². The van der Waals surface area contributed by atoms with E-state index in [9.17, 15) is 23.6 Å². The van der Waals surface area contributed by atoms with Crippen LogP contribution in [0.2, 0.25) is 0 Å². The first-order chi connectivity index (χ1) is 16.3. The first-order valence-corrected chi connectivity index (χ1v) is 12.1. The summed E-state index contributed by atoms with van der Waals surface area (Å²) in [6.45, 7) is 5.34. The Morgan fingerprint density at radius 2 is 1.53 bits per heavy atom. The fraction of sp³-hybridized carbons (Fsp3) is 0.600. The van der Waals surface area contributed by atoms with Crippen LogP contribution in [-0.2, 0) is 14.3 Å². The van der Waals surface area contributed by atoms with E-state index in [1.165, 1.54) is 24.3 Å². The Bertz CT molecular complexity index is 934. The maximum atomic E-state index is 13.0. The molecule has 1 aromatic carbocycles. The Morgan fingerprint density at radius 3 is 2.15 bits per heavy atom. The fourth-order valence-corrected chi connectivity index (χ4v) is 5.15. The van der Waals surface area contributed by atoms with Crippen molar-refractivity contribution in [1.82, 2.24) is 14.7 Å². The molecule has 2 saturated heterocycles. The highest BCUT2D eigenvalue weighted by molar-refractivity contribution is 5.97. The molecule has 0 N–H and O–H groups in total. The van der Waals surface area contributed by atoms with Crippen molar-refractivity contribution in [3.63, 3.8) is 0 Å². The molecule has 4 rings (SSSR count). The molecule has 1 atom stereocenters. The van der Waals surface area contributed by atoms with Crippen LogP contribution in [-0.4, -0.2) is 84.3 Å². The number of hydrogen-bond acceptors (Lipinski definition) is 5. The second-order valence-corrected chi connectivity index (χ2v) is 9.44. The Labute approximate surface area is 199 Å². The first-order valence-electron chi connectivity index (χ1n) is 12.1. The second-order valence-electron chi connectivity index (χ2n) is 9.44. The van der Waals surface area contributed by atoms with E-state index in [2.05, 4.69) is 0 Å². The average molecular weight is 474 g/mol. The zero-order valence-electron chi connectivity index (χ0n) is 19.6. The minimum atomic E-state index is -0.398. The standard InChI is InChI=1S/C25H32FN3O5/c1-2-34-24(33)29-15-13-28(14-16-29)23(32)20-17-25(20)9-11-27(12-10-25)22(31)8-7-21(30)18-3-5-19(26)6-4-18/h3-6,20H,2,7-17H2,1H3. The number of ether oxygens (including phenoxy) is 1. The Hall–Kier alpha value is -2.97. The third-order valence-electron chi connectivity index (χ3n) is 7.45. The molecular weight excluding hydrogens is 441 g/mol. The van der Waals surface area contributed by atoms with Crippen LogP contribution in [0.4, 0.5) is 9.18 Å². The van der Waals surface area contributed by atoms with Gasteiger partial charge in [-0.3, -0.25) is 14.4 Å². The smallest absolute Gasteiger partial charge is 0.409 e. The van der Waals surface area contributed by atoms with Gasteiger partial charge in [0.2, 0.25) is 11.8 Å². The summed E-state index contributed by atoms with van der Waals surface area (Å²) in [4.78, 5) is 55.0. The van der Waals surface area contributed by atoms with Gasteiger partial charge in [0, 0.05) is 63.6 Å².